The van der Waals surface area contributed by atoms with Crippen molar-refractivity contribution >= 4 is 94.1 Å². The first-order valence-corrected chi connectivity index (χ1v) is 39.7. The zero-order chi connectivity index (χ0) is 77.9. The summed E-state index contributed by atoms with van der Waals surface area (Å²) in [5.41, 5.74) is -2.10. The number of hydrogen-bond donors (Lipinski definition) is 3. The first kappa shape index (κ1) is 86.1. The van der Waals surface area contributed by atoms with Crippen molar-refractivity contribution in [2.75, 3.05) is 89.2 Å². The van der Waals surface area contributed by atoms with Crippen molar-refractivity contribution in [3.63, 3.8) is 0 Å². The van der Waals surface area contributed by atoms with E-state index in [2.05, 4.69) is 22.9 Å². The van der Waals surface area contributed by atoms with Crippen LogP contribution in [0.25, 0.3) is 0 Å². The summed E-state index contributed by atoms with van der Waals surface area (Å²) in [6.45, 7) is 16.0. The highest BCUT2D eigenvalue weighted by atomic mass is 35.5. The summed E-state index contributed by atoms with van der Waals surface area (Å²) >= 11 is 13.4. The van der Waals surface area contributed by atoms with Gasteiger partial charge in [-0.15, -0.1) is 23.2 Å². The number of alkyl halides is 2. The highest BCUT2D eigenvalue weighted by Gasteiger charge is 2.59. The van der Waals surface area contributed by atoms with Crippen LogP contribution in [0.4, 0.5) is 0 Å². The Hall–Kier alpha value is -6.12. The van der Waals surface area contributed by atoms with Crippen molar-refractivity contribution in [1.29, 1.82) is 0 Å². The molecule has 3 unspecified atom stereocenters. The van der Waals surface area contributed by atoms with Gasteiger partial charge < -0.3 is 69.5 Å². The first-order valence-electron chi connectivity index (χ1n) is 38.9. The number of halogens is 2. The van der Waals surface area contributed by atoms with Crippen LogP contribution in [-0.4, -0.2) is 287 Å². The van der Waals surface area contributed by atoms with Crippen molar-refractivity contribution in [3.8, 4) is 0 Å². The van der Waals surface area contributed by atoms with Gasteiger partial charge in [0.25, 0.3) is 0 Å². The second kappa shape index (κ2) is 37.8. The summed E-state index contributed by atoms with van der Waals surface area (Å²) in [6.07, 6.45) is 11.6. The van der Waals surface area contributed by atoms with Crippen LogP contribution in [0.3, 0.4) is 0 Å². The lowest BCUT2D eigenvalue weighted by Gasteiger charge is -2.54. The zero-order valence-electron chi connectivity index (χ0n) is 65.9. The maximum atomic E-state index is 15.8. The Balaban J connectivity index is 1.34. The molecule has 3 N–H and O–H groups in total. The number of hydrogen-bond acceptors (Lipinski definition) is 14. The number of nitrogens with one attached hydrogen (secondary N) is 3. The van der Waals surface area contributed by atoms with Crippen LogP contribution >= 0.6 is 23.2 Å². The highest BCUT2D eigenvalue weighted by Crippen LogP contribution is 2.50. The monoisotopic (exact) mass is 1510 g/mol. The lowest BCUT2D eigenvalue weighted by molar-refractivity contribution is -0.161. The molecule has 2 bridgehead atoms. The topological polar surface area (TPSA) is 289 Å². The van der Waals surface area contributed by atoms with Crippen LogP contribution in [0, 0.1) is 35.0 Å². The molecule has 13 atom stereocenters. The van der Waals surface area contributed by atoms with Crippen LogP contribution in [-0.2, 0) is 67.0 Å². The van der Waals surface area contributed by atoms with Crippen molar-refractivity contribution in [2.24, 2.45) is 35.0 Å². The van der Waals surface area contributed by atoms with E-state index < -0.39 is 168 Å². The molecule has 105 heavy (non-hydrogen) atoms. The third-order valence-corrected chi connectivity index (χ3v) is 24.9. The number of ether oxygens (including phenoxy) is 2. The predicted molar refractivity (Wildman–Crippen MR) is 401 cm³/mol. The summed E-state index contributed by atoms with van der Waals surface area (Å²) < 4.78 is 11.9. The van der Waals surface area contributed by atoms with E-state index >= 15 is 33.6 Å². The molecule has 0 radical (unpaired) electrons. The van der Waals surface area contributed by atoms with E-state index in [1.165, 1.54) is 90.7 Å². The Morgan fingerprint density at radius 1 is 0.657 bits per heavy atom. The number of rotatable bonds is 16. The first-order chi connectivity index (χ1) is 49.4. The fraction of sp³-hybridized carbons (Fsp3) is 0.818. The van der Waals surface area contributed by atoms with Gasteiger partial charge in [-0.2, -0.15) is 0 Å². The highest BCUT2D eigenvalue weighted by molar-refractivity contribution is 6.30. The largest absolute Gasteiger partial charge is 0.382 e. The third-order valence-electron chi connectivity index (χ3n) is 23.8. The second-order valence-corrected chi connectivity index (χ2v) is 34.2. The fourth-order valence-electron chi connectivity index (χ4n) is 17.1. The molecule has 0 aromatic rings. The molecule has 592 valence electrons. The van der Waals surface area contributed by atoms with Crippen LogP contribution in [0.2, 0.25) is 0 Å². The number of carbonyl (C=O) groups excluding carboxylic acids is 12. The van der Waals surface area contributed by atoms with Gasteiger partial charge >= 0.3 is 0 Å². The number of likely N-dealkylation sites (N-methyl/N-ethyl adjacent to an activating group) is 6. The molecule has 4 aliphatic carbocycles. The zero-order valence-corrected chi connectivity index (χ0v) is 67.4. The molecule has 26 nitrogen and oxygen atoms in total. The van der Waals surface area contributed by atoms with Gasteiger partial charge in [0.15, 0.2) is 0 Å². The Morgan fingerprint density at radius 3 is 1.89 bits per heavy atom. The summed E-state index contributed by atoms with van der Waals surface area (Å²) in [5.74, 6) is -7.81. The Kier molecular flexibility index (Phi) is 31.0. The third kappa shape index (κ3) is 21.4. The number of amides is 12. The van der Waals surface area contributed by atoms with Gasteiger partial charge in [-0.1, -0.05) is 106 Å². The van der Waals surface area contributed by atoms with E-state index in [0.29, 0.717) is 63.7 Å². The minimum absolute atomic E-state index is 0.0316. The summed E-state index contributed by atoms with van der Waals surface area (Å²) in [7, 11) is 11.6. The maximum absolute atomic E-state index is 15.8. The number of carbonyl (C=O) groups is 12. The molecule has 7 aliphatic rings. The van der Waals surface area contributed by atoms with Crippen LogP contribution in [0.1, 0.15) is 197 Å². The standard InChI is InChI=1S/C77H126Cl2N12O14/c1-18-48(7)65-73(101)90(52-31-32-52)42-64(94)85(13)57-24-22-21-23-35-89(72(57)100)60(37-50-27-25-47(6)26-28-50)71(99)84(12)41-62(92)80-56(34-30-49-29-33-54(78)55(79)36-49)69(97)91-40-53(105-46(4)5)38-58(91)68(96)82-77(44-76(8,9)45-77)75(103)88(16)66(51(19-2)20-3)74(102)87(15)59(70(98)83(10)11)39-63(93)86(14)61(43-104-17)67(95)81-65/h21-22,46-61,65-66H,18-20,23-45H2,1-17H3,(H,80,92)(H,81,95)(H,82,96)/b22-21-/t47?,48-,49?,50?,53+,54?,55?,56-,57-,58-,59-,60-,61-,65-,66-/m0/s1. The normalized spacial score (nSPS) is 31.8. The minimum atomic E-state index is -1.61. The lowest BCUT2D eigenvalue weighted by Crippen LogP contribution is -2.71. The number of fused-ring (bicyclic) bond motifs is 3. The molecule has 1 spiro atoms. The molecular formula is C77H126Cl2N12O14. The molecule has 6 fully saturated rings. The summed E-state index contributed by atoms with van der Waals surface area (Å²) in [5, 5.41) is 8.52. The molecule has 0 aromatic heterocycles. The van der Waals surface area contributed by atoms with Gasteiger partial charge in [0.05, 0.1) is 37.2 Å². The summed E-state index contributed by atoms with van der Waals surface area (Å²) in [4.78, 5) is 195. The van der Waals surface area contributed by atoms with E-state index in [0.717, 1.165) is 37.0 Å². The summed E-state index contributed by atoms with van der Waals surface area (Å²) in [6, 6.07) is -10.3. The molecule has 0 aromatic carbocycles. The average Bonchev–Trinajstić information content (AvgIpc) is 1.71. The van der Waals surface area contributed by atoms with E-state index in [1.54, 1.807) is 11.8 Å². The van der Waals surface area contributed by atoms with Gasteiger partial charge in [0.1, 0.15) is 60.4 Å². The Labute approximate surface area is 634 Å². The van der Waals surface area contributed by atoms with Crippen molar-refractivity contribution in [3.05, 3.63) is 12.2 Å². The SMILES string of the molecule is CCC(CC)[C@H]1C(=O)N(C)[C@H](C(=O)N(C)C)CC(=O)N(C)[C@@H](COC)C(=O)N[C@@H]([C@@H](C)CC)C(=O)N(C2CC2)CC(=O)N(C)[C@H]2C/C=C\CCN(C2=O)[C@@H](CC2CCC(C)CC2)C(=O)N(C)CC(=O)N[C@@H](CCC2CCC(Cl)C(Cl)C2)C(=O)N2C[C@H](OC(C)C)C[C@H]2C(=O)NC2(CC(C)(C)C2)C(=O)N1C. The quantitative estimate of drug-likeness (QED) is 0.119. The van der Waals surface area contributed by atoms with E-state index in [-0.39, 0.29) is 93.0 Å². The van der Waals surface area contributed by atoms with Crippen LogP contribution < -0.4 is 16.0 Å². The van der Waals surface area contributed by atoms with E-state index in [4.69, 9.17) is 32.7 Å². The van der Waals surface area contributed by atoms with Gasteiger partial charge in [-0.3, -0.25) is 57.5 Å². The molecule has 12 amide bonds. The molecule has 28 heteroatoms. The lowest BCUT2D eigenvalue weighted by atomic mass is 9.58. The number of nitrogens with zero attached hydrogens (tertiary/aromatic N) is 9. The fourth-order valence-corrected chi connectivity index (χ4v) is 17.7. The maximum Gasteiger partial charge on any atom is 0.248 e. The van der Waals surface area contributed by atoms with Crippen molar-refractivity contribution < 1.29 is 67.0 Å². The van der Waals surface area contributed by atoms with Crippen LogP contribution in [0.15, 0.2) is 12.2 Å². The number of methoxy groups -OCH3 is 1. The average molecular weight is 1510 g/mol. The van der Waals surface area contributed by atoms with Crippen molar-refractivity contribution in [2.45, 2.75) is 280 Å². The second-order valence-electron chi connectivity index (χ2n) is 33.1. The van der Waals surface area contributed by atoms with Gasteiger partial charge in [-0.25, -0.2) is 0 Å². The molecular weight excluding hydrogens is 1390 g/mol. The van der Waals surface area contributed by atoms with E-state index in [1.807, 2.05) is 60.6 Å². The molecule has 4 saturated carbocycles. The van der Waals surface area contributed by atoms with Crippen LogP contribution in [0.5, 0.6) is 0 Å². The molecule has 3 aliphatic heterocycles. The molecule has 2 saturated heterocycles. The minimum Gasteiger partial charge on any atom is -0.382 e. The molecule has 7 rings (SSSR count). The smallest absolute Gasteiger partial charge is 0.248 e. The Bertz CT molecular complexity index is 3110. The Morgan fingerprint density at radius 2 is 1.30 bits per heavy atom. The van der Waals surface area contributed by atoms with Gasteiger partial charge in [0.2, 0.25) is 70.9 Å². The molecule has 3 heterocycles. The van der Waals surface area contributed by atoms with Gasteiger partial charge in [0, 0.05) is 87.4 Å². The van der Waals surface area contributed by atoms with E-state index in [9.17, 15) is 24.0 Å². The predicted octanol–water partition coefficient (Wildman–Crippen LogP) is 5.96. The van der Waals surface area contributed by atoms with Crippen molar-refractivity contribution in [1.82, 2.24) is 60.0 Å². The van der Waals surface area contributed by atoms with Gasteiger partial charge in [-0.05, 0) is 126 Å².